The van der Waals surface area contributed by atoms with Crippen molar-refractivity contribution >= 4 is 11.8 Å². The third-order valence-corrected chi connectivity index (χ3v) is 4.95. The zero-order chi connectivity index (χ0) is 19.1. The second kappa shape index (κ2) is 9.31. The summed E-state index contributed by atoms with van der Waals surface area (Å²) in [6.07, 6.45) is 5.52. The molecule has 2 aromatic rings. The number of carbonyl (C=O) groups is 2. The van der Waals surface area contributed by atoms with Crippen LogP contribution in [0.25, 0.3) is 0 Å². The molecular weight excluding hydrogens is 338 g/mol. The zero-order valence-electron chi connectivity index (χ0n) is 15.9. The van der Waals surface area contributed by atoms with Crippen molar-refractivity contribution in [3.8, 4) is 0 Å². The van der Waals surface area contributed by atoms with Crippen LogP contribution in [0.1, 0.15) is 52.6 Å². The number of benzene rings is 1. The lowest BCUT2D eigenvalue weighted by Crippen LogP contribution is -2.39. The van der Waals surface area contributed by atoms with E-state index >= 15 is 0 Å². The molecule has 5 nitrogen and oxygen atoms in total. The van der Waals surface area contributed by atoms with Crippen LogP contribution in [0.4, 0.5) is 0 Å². The predicted molar refractivity (Wildman–Crippen MR) is 106 cm³/mol. The van der Waals surface area contributed by atoms with Crippen molar-refractivity contribution in [3.63, 3.8) is 0 Å². The Labute approximate surface area is 160 Å². The largest absolute Gasteiger partial charge is 0.351 e. The lowest BCUT2D eigenvalue weighted by Gasteiger charge is -2.31. The fraction of sp³-hybridized carbons (Fsp3) is 0.409. The molecule has 1 aromatic heterocycles. The van der Waals surface area contributed by atoms with Gasteiger partial charge in [-0.05, 0) is 49.3 Å². The Morgan fingerprint density at radius 1 is 1.22 bits per heavy atom. The van der Waals surface area contributed by atoms with Gasteiger partial charge in [-0.25, -0.2) is 0 Å². The lowest BCUT2D eigenvalue weighted by molar-refractivity contribution is 0.0683. The van der Waals surface area contributed by atoms with Crippen LogP contribution in [-0.4, -0.2) is 41.3 Å². The molecule has 142 valence electrons. The molecule has 0 bridgehead atoms. The van der Waals surface area contributed by atoms with E-state index in [1.807, 2.05) is 23.1 Å². The minimum Gasteiger partial charge on any atom is -0.351 e. The van der Waals surface area contributed by atoms with Gasteiger partial charge in [0.05, 0.1) is 0 Å². The summed E-state index contributed by atoms with van der Waals surface area (Å²) in [6, 6.07) is 13.5. The van der Waals surface area contributed by atoms with Crippen LogP contribution >= 0.6 is 0 Å². The highest BCUT2D eigenvalue weighted by Crippen LogP contribution is 2.18. The van der Waals surface area contributed by atoms with Crippen LogP contribution in [0.2, 0.25) is 0 Å². The minimum absolute atomic E-state index is 0.0120. The Morgan fingerprint density at radius 2 is 2.04 bits per heavy atom. The van der Waals surface area contributed by atoms with Crippen molar-refractivity contribution in [3.05, 3.63) is 65.5 Å². The monoisotopic (exact) mass is 365 g/mol. The van der Waals surface area contributed by atoms with Gasteiger partial charge in [-0.1, -0.05) is 37.3 Å². The number of nitrogens with one attached hydrogen (secondary N) is 1. The number of amides is 2. The van der Waals surface area contributed by atoms with E-state index in [1.165, 1.54) is 5.56 Å². The number of rotatable bonds is 6. The summed E-state index contributed by atoms with van der Waals surface area (Å²) < 4.78 is 0. The molecular formula is C22H27N3O2. The fourth-order valence-corrected chi connectivity index (χ4v) is 3.47. The van der Waals surface area contributed by atoms with Gasteiger partial charge >= 0.3 is 0 Å². The van der Waals surface area contributed by atoms with E-state index in [4.69, 9.17) is 0 Å². The van der Waals surface area contributed by atoms with Gasteiger partial charge in [-0.2, -0.15) is 0 Å². The number of pyridine rings is 1. The van der Waals surface area contributed by atoms with Gasteiger partial charge in [0.25, 0.3) is 11.8 Å². The molecule has 0 aliphatic carbocycles. The summed E-state index contributed by atoms with van der Waals surface area (Å²) in [5, 5.41) is 2.90. The number of hydrogen-bond acceptors (Lipinski definition) is 3. The Bertz CT molecular complexity index is 776. The van der Waals surface area contributed by atoms with Crippen LogP contribution in [0, 0.1) is 5.92 Å². The first-order chi connectivity index (χ1) is 13.1. The molecule has 0 radical (unpaired) electrons. The van der Waals surface area contributed by atoms with E-state index in [-0.39, 0.29) is 11.8 Å². The summed E-state index contributed by atoms with van der Waals surface area (Å²) in [5.41, 5.74) is 2.09. The molecule has 1 aromatic carbocycles. The van der Waals surface area contributed by atoms with E-state index in [0.717, 1.165) is 38.8 Å². The number of aryl methyl sites for hydroxylation is 1. The summed E-state index contributed by atoms with van der Waals surface area (Å²) in [4.78, 5) is 31.1. The number of nitrogens with zero attached hydrogens (tertiary/aromatic N) is 2. The van der Waals surface area contributed by atoms with Crippen molar-refractivity contribution in [1.82, 2.24) is 15.2 Å². The quantitative estimate of drug-likeness (QED) is 0.799. The van der Waals surface area contributed by atoms with Crippen molar-refractivity contribution in [1.29, 1.82) is 0 Å². The Kier molecular flexibility index (Phi) is 6.58. The standard InChI is InChI=1S/C22H27N3O2/c1-17-7-6-14-25(16-17)22(27)19-11-13-23-20(15-19)21(26)24-12-5-10-18-8-3-2-4-9-18/h2-4,8-9,11,13,15,17H,5-7,10,12,14,16H2,1H3,(H,24,26). The Balaban J connectivity index is 1.53. The second-order valence-electron chi connectivity index (χ2n) is 7.27. The first-order valence-electron chi connectivity index (χ1n) is 9.71. The molecule has 1 aliphatic rings. The highest BCUT2D eigenvalue weighted by atomic mass is 16.2. The van der Waals surface area contributed by atoms with E-state index in [0.29, 0.717) is 23.7 Å². The molecule has 27 heavy (non-hydrogen) atoms. The van der Waals surface area contributed by atoms with Crippen LogP contribution < -0.4 is 5.32 Å². The average molecular weight is 365 g/mol. The lowest BCUT2D eigenvalue weighted by atomic mass is 9.99. The fourth-order valence-electron chi connectivity index (χ4n) is 3.47. The predicted octanol–water partition coefficient (Wildman–Crippen LogP) is 3.32. The second-order valence-corrected chi connectivity index (χ2v) is 7.27. The normalized spacial score (nSPS) is 16.8. The Hall–Kier alpha value is -2.69. The average Bonchev–Trinajstić information content (AvgIpc) is 2.71. The van der Waals surface area contributed by atoms with Gasteiger partial charge in [0.1, 0.15) is 5.69 Å². The van der Waals surface area contributed by atoms with Crippen molar-refractivity contribution in [2.75, 3.05) is 19.6 Å². The summed E-state index contributed by atoms with van der Waals surface area (Å²) in [7, 11) is 0. The number of piperidine rings is 1. The highest BCUT2D eigenvalue weighted by Gasteiger charge is 2.22. The molecule has 1 fully saturated rings. The van der Waals surface area contributed by atoms with Crippen LogP contribution in [-0.2, 0) is 6.42 Å². The van der Waals surface area contributed by atoms with Gasteiger partial charge in [0.15, 0.2) is 0 Å². The van der Waals surface area contributed by atoms with E-state index in [9.17, 15) is 9.59 Å². The molecule has 1 aliphatic heterocycles. The molecule has 2 amide bonds. The number of likely N-dealkylation sites (tertiary alicyclic amines) is 1. The summed E-state index contributed by atoms with van der Waals surface area (Å²) in [6.45, 7) is 4.31. The summed E-state index contributed by atoms with van der Waals surface area (Å²) >= 11 is 0. The van der Waals surface area contributed by atoms with Crippen LogP contribution in [0.15, 0.2) is 48.7 Å². The number of hydrogen-bond donors (Lipinski definition) is 1. The molecule has 5 heteroatoms. The molecule has 0 saturated carbocycles. The molecule has 1 unspecified atom stereocenters. The molecule has 2 heterocycles. The van der Waals surface area contributed by atoms with E-state index in [1.54, 1.807) is 18.3 Å². The van der Waals surface area contributed by atoms with Gasteiger partial charge in [0.2, 0.25) is 0 Å². The van der Waals surface area contributed by atoms with Gasteiger partial charge < -0.3 is 10.2 Å². The SMILES string of the molecule is CC1CCCN(C(=O)c2ccnc(C(=O)NCCCc3ccccc3)c2)C1. The molecule has 3 rings (SSSR count). The third kappa shape index (κ3) is 5.39. The van der Waals surface area contributed by atoms with Gasteiger partial charge in [-0.15, -0.1) is 0 Å². The molecule has 1 saturated heterocycles. The van der Waals surface area contributed by atoms with Crippen LogP contribution in [0.5, 0.6) is 0 Å². The first kappa shape index (κ1) is 19.1. The molecule has 1 N–H and O–H groups in total. The zero-order valence-corrected chi connectivity index (χ0v) is 15.9. The summed E-state index contributed by atoms with van der Waals surface area (Å²) in [5.74, 6) is 0.281. The highest BCUT2D eigenvalue weighted by molar-refractivity contribution is 5.98. The van der Waals surface area contributed by atoms with Crippen molar-refractivity contribution in [2.24, 2.45) is 5.92 Å². The smallest absolute Gasteiger partial charge is 0.269 e. The molecule has 1 atom stereocenters. The van der Waals surface area contributed by atoms with E-state index in [2.05, 4.69) is 29.4 Å². The van der Waals surface area contributed by atoms with E-state index < -0.39 is 0 Å². The number of carbonyl (C=O) groups excluding carboxylic acids is 2. The van der Waals surface area contributed by atoms with Crippen molar-refractivity contribution in [2.45, 2.75) is 32.6 Å². The molecule has 0 spiro atoms. The first-order valence-corrected chi connectivity index (χ1v) is 9.71. The van der Waals surface area contributed by atoms with Crippen LogP contribution in [0.3, 0.4) is 0 Å². The topological polar surface area (TPSA) is 62.3 Å². The minimum atomic E-state index is -0.232. The van der Waals surface area contributed by atoms with Crippen molar-refractivity contribution < 1.29 is 9.59 Å². The third-order valence-electron chi connectivity index (χ3n) is 4.95. The van der Waals surface area contributed by atoms with Gasteiger partial charge in [-0.3, -0.25) is 14.6 Å². The maximum Gasteiger partial charge on any atom is 0.269 e. The maximum atomic E-state index is 12.7. The Morgan fingerprint density at radius 3 is 2.81 bits per heavy atom. The van der Waals surface area contributed by atoms with Gasteiger partial charge in [0, 0.05) is 31.4 Å². The maximum absolute atomic E-state index is 12.7. The number of aromatic nitrogens is 1.